The molecule has 1 atom stereocenters. The third-order valence-electron chi connectivity index (χ3n) is 8.27. The molecule has 0 bridgehead atoms. The number of amides is 2. The van der Waals surface area contributed by atoms with Gasteiger partial charge in [-0.05, 0) is 63.9 Å². The molecular formula is C39H37N5O3. The maximum atomic E-state index is 13.4. The minimum Gasteiger partial charge on any atom is -0.508 e. The number of primary amides is 1. The van der Waals surface area contributed by atoms with Gasteiger partial charge in [0.1, 0.15) is 17.5 Å². The predicted octanol–water partition coefficient (Wildman–Crippen LogP) is 6.64. The van der Waals surface area contributed by atoms with Gasteiger partial charge in [-0.3, -0.25) is 19.3 Å². The normalized spacial score (nSPS) is 12.1. The van der Waals surface area contributed by atoms with Crippen LogP contribution in [0.2, 0.25) is 0 Å². The zero-order valence-electron chi connectivity index (χ0n) is 26.6. The smallest absolute Gasteiger partial charge is 0.251 e. The maximum Gasteiger partial charge on any atom is 0.251 e. The van der Waals surface area contributed by atoms with Crippen molar-refractivity contribution in [3.63, 3.8) is 0 Å². The molecule has 6 rings (SSSR count). The first-order valence-corrected chi connectivity index (χ1v) is 15.5. The van der Waals surface area contributed by atoms with E-state index in [9.17, 15) is 14.7 Å². The number of phenols is 1. The molecule has 2 heterocycles. The number of pyridine rings is 1. The molecule has 4 aromatic carbocycles. The summed E-state index contributed by atoms with van der Waals surface area (Å²) in [5.41, 5.74) is 12.3. The Morgan fingerprint density at radius 2 is 1.53 bits per heavy atom. The molecule has 2 aromatic heterocycles. The van der Waals surface area contributed by atoms with E-state index in [0.29, 0.717) is 12.1 Å². The van der Waals surface area contributed by atoms with E-state index in [-0.39, 0.29) is 17.6 Å². The predicted molar refractivity (Wildman–Crippen MR) is 185 cm³/mol. The number of carbonyl (C=O) groups excluding carboxylic acids is 2. The summed E-state index contributed by atoms with van der Waals surface area (Å²) in [6.45, 7) is 7.09. The zero-order valence-corrected chi connectivity index (χ0v) is 26.6. The number of hydrogen-bond acceptors (Lipinski definition) is 5. The summed E-state index contributed by atoms with van der Waals surface area (Å²) in [6.07, 6.45) is 2.05. The summed E-state index contributed by atoms with van der Waals surface area (Å²) < 4.78 is 1.94. The van der Waals surface area contributed by atoms with Gasteiger partial charge in [0, 0.05) is 29.1 Å². The fourth-order valence-electron chi connectivity index (χ4n) is 5.55. The third kappa shape index (κ3) is 7.23. The Morgan fingerprint density at radius 1 is 0.830 bits per heavy atom. The highest BCUT2D eigenvalue weighted by Gasteiger charge is 2.21. The number of aromatic hydroxyl groups is 1. The van der Waals surface area contributed by atoms with E-state index in [1.54, 1.807) is 24.3 Å². The van der Waals surface area contributed by atoms with Crippen LogP contribution in [0.1, 0.15) is 47.8 Å². The molecule has 0 spiro atoms. The molecule has 236 valence electrons. The van der Waals surface area contributed by atoms with Crippen LogP contribution in [0.15, 0.2) is 115 Å². The van der Waals surface area contributed by atoms with Gasteiger partial charge in [0.15, 0.2) is 0 Å². The highest BCUT2D eigenvalue weighted by molar-refractivity contribution is 5.98. The van der Waals surface area contributed by atoms with Crippen LogP contribution in [0.4, 0.5) is 0 Å². The Morgan fingerprint density at radius 3 is 2.23 bits per heavy atom. The number of rotatable bonds is 9. The van der Waals surface area contributed by atoms with Crippen molar-refractivity contribution < 1.29 is 14.7 Å². The van der Waals surface area contributed by atoms with Gasteiger partial charge >= 0.3 is 0 Å². The van der Waals surface area contributed by atoms with Crippen molar-refractivity contribution in [2.45, 2.75) is 45.2 Å². The van der Waals surface area contributed by atoms with E-state index in [1.165, 1.54) is 17.7 Å². The topological polar surface area (TPSA) is 123 Å². The number of benzene rings is 4. The summed E-state index contributed by atoms with van der Waals surface area (Å²) in [7, 11) is 0. The number of nitrogens with zero attached hydrogens (tertiary/aromatic N) is 3. The second-order valence-corrected chi connectivity index (χ2v) is 12.8. The molecule has 6 aromatic rings. The van der Waals surface area contributed by atoms with E-state index in [1.807, 2.05) is 53.3 Å². The molecule has 0 aliphatic heterocycles. The molecule has 0 saturated heterocycles. The molecular weight excluding hydrogens is 586 g/mol. The molecule has 0 unspecified atom stereocenters. The van der Waals surface area contributed by atoms with E-state index in [0.717, 1.165) is 44.5 Å². The highest BCUT2D eigenvalue weighted by Crippen LogP contribution is 2.29. The molecule has 0 aliphatic carbocycles. The Balaban J connectivity index is 1.33. The molecule has 47 heavy (non-hydrogen) atoms. The molecule has 0 fully saturated rings. The van der Waals surface area contributed by atoms with Gasteiger partial charge in [0.25, 0.3) is 5.91 Å². The monoisotopic (exact) mass is 623 g/mol. The Bertz CT molecular complexity index is 2060. The van der Waals surface area contributed by atoms with Crippen molar-refractivity contribution >= 4 is 22.6 Å². The summed E-state index contributed by atoms with van der Waals surface area (Å²) in [4.78, 5) is 30.4. The summed E-state index contributed by atoms with van der Waals surface area (Å²) in [6, 6.07) is 33.4. The average Bonchev–Trinajstić information content (AvgIpc) is 3.48. The maximum absolute atomic E-state index is 13.4. The van der Waals surface area contributed by atoms with Gasteiger partial charge in [-0.2, -0.15) is 5.10 Å². The number of fused-ring (bicyclic) bond motifs is 1. The van der Waals surface area contributed by atoms with Crippen molar-refractivity contribution in [1.29, 1.82) is 0 Å². The van der Waals surface area contributed by atoms with Crippen LogP contribution in [-0.2, 0) is 23.2 Å². The zero-order chi connectivity index (χ0) is 33.1. The first kappa shape index (κ1) is 31.2. The number of nitrogens with one attached hydrogen (secondary N) is 1. The largest absolute Gasteiger partial charge is 0.508 e. The lowest BCUT2D eigenvalue weighted by Gasteiger charge is -2.19. The SMILES string of the molecule is CC(C)(C)c1ccc(Cn2nc(-c3cc4ccccc4cn3)cc2-c2cccc(C(=O)N[C@@H](Cc3ccc(O)cc3)C(N)=O)c2)cc1. The first-order valence-electron chi connectivity index (χ1n) is 15.5. The van der Waals surface area contributed by atoms with Gasteiger partial charge in [-0.25, -0.2) is 0 Å². The van der Waals surface area contributed by atoms with Gasteiger partial charge in [0.2, 0.25) is 5.91 Å². The van der Waals surface area contributed by atoms with E-state index in [4.69, 9.17) is 15.8 Å². The van der Waals surface area contributed by atoms with Crippen LogP contribution >= 0.6 is 0 Å². The number of hydrogen-bond donors (Lipinski definition) is 3. The molecule has 8 nitrogen and oxygen atoms in total. The molecule has 0 saturated carbocycles. The molecule has 4 N–H and O–H groups in total. The van der Waals surface area contributed by atoms with Crippen LogP contribution in [-0.4, -0.2) is 37.7 Å². The lowest BCUT2D eigenvalue weighted by Crippen LogP contribution is -2.45. The number of nitrogens with two attached hydrogens (primary N) is 1. The molecule has 0 radical (unpaired) electrons. The van der Waals surface area contributed by atoms with Crippen molar-refractivity contribution in [2.24, 2.45) is 5.73 Å². The second-order valence-electron chi connectivity index (χ2n) is 12.8. The average molecular weight is 624 g/mol. The lowest BCUT2D eigenvalue weighted by atomic mass is 9.87. The Hall–Kier alpha value is -5.76. The molecule has 8 heteroatoms. The number of carbonyl (C=O) groups is 2. The summed E-state index contributed by atoms with van der Waals surface area (Å²) in [5, 5.41) is 19.5. The van der Waals surface area contributed by atoms with Gasteiger partial charge in [-0.15, -0.1) is 0 Å². The standard InChI is InChI=1S/C39H37N5O3/c1-39(2,3)31-15-11-26(12-16-31)24-44-36(22-34(43-44)33-21-27-7-4-5-8-30(27)23-41-33)28-9-6-10-29(20-28)38(47)42-35(37(40)46)19-25-13-17-32(45)18-14-25/h4-18,20-23,35,45H,19,24H2,1-3H3,(H2,40,46)(H,42,47)/t35-/m0/s1. The van der Waals surface area contributed by atoms with Crippen LogP contribution in [0, 0.1) is 0 Å². The fourth-order valence-corrected chi connectivity index (χ4v) is 5.55. The fraction of sp³-hybridized carbons (Fsp3) is 0.179. The molecule has 2 amide bonds. The first-order chi connectivity index (χ1) is 22.5. The van der Waals surface area contributed by atoms with E-state index in [2.05, 4.69) is 56.4 Å². The van der Waals surface area contributed by atoms with Crippen molar-refractivity contribution in [3.8, 4) is 28.4 Å². The summed E-state index contributed by atoms with van der Waals surface area (Å²) >= 11 is 0. The van der Waals surface area contributed by atoms with Gasteiger partial charge in [0.05, 0.1) is 17.9 Å². The van der Waals surface area contributed by atoms with Crippen LogP contribution in [0.3, 0.4) is 0 Å². The third-order valence-corrected chi connectivity index (χ3v) is 8.27. The second kappa shape index (κ2) is 12.9. The minimum absolute atomic E-state index is 0.0445. The van der Waals surface area contributed by atoms with E-state index >= 15 is 0 Å². The van der Waals surface area contributed by atoms with Gasteiger partial charge < -0.3 is 16.2 Å². The summed E-state index contributed by atoms with van der Waals surface area (Å²) in [5.74, 6) is -0.953. The number of phenolic OH excluding ortho intramolecular Hbond substituents is 1. The van der Waals surface area contributed by atoms with Crippen LogP contribution in [0.25, 0.3) is 33.4 Å². The van der Waals surface area contributed by atoms with Crippen molar-refractivity contribution in [2.75, 3.05) is 0 Å². The Labute approximate surface area is 273 Å². The van der Waals surface area contributed by atoms with E-state index < -0.39 is 17.9 Å². The van der Waals surface area contributed by atoms with Crippen molar-refractivity contribution in [1.82, 2.24) is 20.1 Å². The minimum atomic E-state index is -0.928. The number of aromatic nitrogens is 3. The highest BCUT2D eigenvalue weighted by atomic mass is 16.3. The van der Waals surface area contributed by atoms with Crippen LogP contribution in [0.5, 0.6) is 5.75 Å². The van der Waals surface area contributed by atoms with Crippen molar-refractivity contribution in [3.05, 3.63) is 138 Å². The quantitative estimate of drug-likeness (QED) is 0.167. The lowest BCUT2D eigenvalue weighted by molar-refractivity contribution is -0.119. The van der Waals surface area contributed by atoms with Crippen LogP contribution < -0.4 is 11.1 Å². The van der Waals surface area contributed by atoms with Gasteiger partial charge in [-0.1, -0.05) is 93.6 Å². The Kier molecular flexibility index (Phi) is 8.59. The molecule has 0 aliphatic rings.